The highest BCUT2D eigenvalue weighted by atomic mass is 32.2. The third-order valence-electron chi connectivity index (χ3n) is 3.57. The molecule has 0 spiro atoms. The number of nitrogens with one attached hydrogen (secondary N) is 1. The molecule has 0 aliphatic rings. The van der Waals surface area contributed by atoms with E-state index in [2.05, 4.69) is 11.6 Å². The van der Waals surface area contributed by atoms with Crippen molar-refractivity contribution >= 4 is 10.0 Å². The Labute approximate surface area is 126 Å². The molecule has 1 aromatic carbocycles. The number of unbranched alkanes of at least 4 members (excludes halogenated alkanes) is 1. The fourth-order valence-corrected chi connectivity index (χ4v) is 3.28. The summed E-state index contributed by atoms with van der Waals surface area (Å²) in [6.07, 6.45) is 3.97. The Morgan fingerprint density at radius 2 is 2.05 bits per heavy atom. The Bertz CT molecular complexity index is 546. The molecule has 0 saturated heterocycles. The fourth-order valence-electron chi connectivity index (χ4n) is 2.11. The predicted octanol–water partition coefficient (Wildman–Crippen LogP) is 2.81. The second-order valence-electron chi connectivity index (χ2n) is 5.19. The van der Waals surface area contributed by atoms with Gasteiger partial charge >= 0.3 is 0 Å². The van der Waals surface area contributed by atoms with Crippen molar-refractivity contribution < 1.29 is 17.9 Å². The minimum absolute atomic E-state index is 0.263. The van der Waals surface area contributed by atoms with E-state index in [1.54, 1.807) is 0 Å². The van der Waals surface area contributed by atoms with Crippen LogP contribution in [0.5, 0.6) is 0 Å². The maximum absolute atomic E-state index is 13.8. The zero-order valence-corrected chi connectivity index (χ0v) is 13.4. The van der Waals surface area contributed by atoms with Gasteiger partial charge in [-0.25, -0.2) is 17.5 Å². The first-order valence-corrected chi connectivity index (χ1v) is 8.81. The van der Waals surface area contributed by atoms with Gasteiger partial charge in [-0.15, -0.1) is 0 Å². The van der Waals surface area contributed by atoms with Gasteiger partial charge in [-0.3, -0.25) is 0 Å². The Balaban J connectivity index is 2.77. The van der Waals surface area contributed by atoms with Crippen molar-refractivity contribution in [2.45, 2.75) is 51.0 Å². The Morgan fingerprint density at radius 3 is 2.57 bits per heavy atom. The van der Waals surface area contributed by atoms with Crippen molar-refractivity contribution in [1.82, 2.24) is 4.72 Å². The van der Waals surface area contributed by atoms with E-state index >= 15 is 0 Å². The van der Waals surface area contributed by atoms with Gasteiger partial charge in [-0.1, -0.05) is 39.2 Å². The number of hydrogen-bond acceptors (Lipinski definition) is 3. The Kier molecular flexibility index (Phi) is 7.28. The summed E-state index contributed by atoms with van der Waals surface area (Å²) >= 11 is 0. The average Bonchev–Trinajstić information content (AvgIpc) is 2.47. The summed E-state index contributed by atoms with van der Waals surface area (Å²) in [6, 6.07) is 3.64. The molecule has 120 valence electrons. The van der Waals surface area contributed by atoms with Crippen LogP contribution >= 0.6 is 0 Å². The van der Waals surface area contributed by atoms with Gasteiger partial charge < -0.3 is 5.11 Å². The van der Waals surface area contributed by atoms with Crippen LogP contribution in [0.1, 0.15) is 45.1 Å². The molecule has 0 amide bonds. The molecule has 0 radical (unpaired) electrons. The van der Waals surface area contributed by atoms with Crippen LogP contribution in [0, 0.1) is 11.7 Å². The van der Waals surface area contributed by atoms with Gasteiger partial charge in [0.2, 0.25) is 10.0 Å². The lowest BCUT2D eigenvalue weighted by atomic mass is 10.00. The van der Waals surface area contributed by atoms with E-state index in [1.165, 1.54) is 12.1 Å². The maximum Gasteiger partial charge on any atom is 0.243 e. The number of benzene rings is 1. The van der Waals surface area contributed by atoms with E-state index in [1.807, 2.05) is 6.92 Å². The topological polar surface area (TPSA) is 66.4 Å². The molecule has 0 heterocycles. The molecule has 1 unspecified atom stereocenters. The van der Waals surface area contributed by atoms with Crippen molar-refractivity contribution in [3.05, 3.63) is 29.6 Å². The van der Waals surface area contributed by atoms with E-state index in [4.69, 9.17) is 5.11 Å². The minimum Gasteiger partial charge on any atom is -0.392 e. The summed E-state index contributed by atoms with van der Waals surface area (Å²) in [6.45, 7) is 4.11. The van der Waals surface area contributed by atoms with Gasteiger partial charge in [0.15, 0.2) is 0 Å². The zero-order valence-electron chi connectivity index (χ0n) is 12.6. The van der Waals surface area contributed by atoms with E-state index < -0.39 is 15.8 Å². The van der Waals surface area contributed by atoms with E-state index in [0.717, 1.165) is 31.7 Å². The molecule has 6 heteroatoms. The summed E-state index contributed by atoms with van der Waals surface area (Å²) in [5.41, 5.74) is 0.348. The smallest absolute Gasteiger partial charge is 0.243 e. The molecule has 0 aromatic heterocycles. The summed E-state index contributed by atoms with van der Waals surface area (Å²) in [4.78, 5) is -0.370. The molecule has 0 bridgehead atoms. The van der Waals surface area contributed by atoms with Crippen LogP contribution in [0.25, 0.3) is 0 Å². The van der Waals surface area contributed by atoms with Crippen molar-refractivity contribution in [1.29, 1.82) is 0 Å². The number of aliphatic hydroxyl groups is 1. The van der Waals surface area contributed by atoms with Crippen molar-refractivity contribution in [3.63, 3.8) is 0 Å². The van der Waals surface area contributed by atoms with Crippen molar-refractivity contribution in [2.24, 2.45) is 5.92 Å². The predicted molar refractivity (Wildman–Crippen MR) is 80.8 cm³/mol. The number of rotatable bonds is 9. The first kappa shape index (κ1) is 18.1. The van der Waals surface area contributed by atoms with Crippen LogP contribution in [-0.4, -0.2) is 20.1 Å². The third-order valence-corrected chi connectivity index (χ3v) is 5.03. The van der Waals surface area contributed by atoms with E-state index in [-0.39, 0.29) is 17.4 Å². The summed E-state index contributed by atoms with van der Waals surface area (Å²) in [5.74, 6) is -0.574. The van der Waals surface area contributed by atoms with Crippen LogP contribution in [-0.2, 0) is 16.6 Å². The molecule has 1 aromatic rings. The van der Waals surface area contributed by atoms with Gasteiger partial charge in [-0.05, 0) is 30.0 Å². The molecular formula is C15H24FNO3S. The zero-order chi connectivity index (χ0) is 15.9. The molecule has 2 N–H and O–H groups in total. The van der Waals surface area contributed by atoms with Gasteiger partial charge in [0.1, 0.15) is 10.7 Å². The van der Waals surface area contributed by atoms with Gasteiger partial charge in [-0.2, -0.15) is 0 Å². The van der Waals surface area contributed by atoms with Crippen LogP contribution in [0.3, 0.4) is 0 Å². The van der Waals surface area contributed by atoms with Crippen LogP contribution in [0.2, 0.25) is 0 Å². The summed E-state index contributed by atoms with van der Waals surface area (Å²) in [5, 5.41) is 8.91. The normalized spacial score (nSPS) is 13.3. The molecule has 0 aliphatic heterocycles. The first-order valence-electron chi connectivity index (χ1n) is 7.33. The van der Waals surface area contributed by atoms with Gasteiger partial charge in [0, 0.05) is 6.54 Å². The molecule has 21 heavy (non-hydrogen) atoms. The Hall–Kier alpha value is -0.980. The van der Waals surface area contributed by atoms with Crippen molar-refractivity contribution in [3.8, 4) is 0 Å². The van der Waals surface area contributed by atoms with Crippen LogP contribution in [0.15, 0.2) is 23.1 Å². The van der Waals surface area contributed by atoms with Crippen molar-refractivity contribution in [2.75, 3.05) is 6.54 Å². The standard InChI is InChI=1S/C15H24FNO3S/c1-3-5-6-12(4-2)10-17-21(19,20)15-8-7-13(11-18)9-14(15)16/h7-9,12,17-18H,3-6,10-11H2,1-2H3. The number of aliphatic hydroxyl groups excluding tert-OH is 1. The SMILES string of the molecule is CCCCC(CC)CNS(=O)(=O)c1ccc(CO)cc1F. The van der Waals surface area contributed by atoms with E-state index in [0.29, 0.717) is 12.1 Å². The third kappa shape index (κ3) is 5.37. The molecule has 0 fully saturated rings. The molecule has 0 aliphatic carbocycles. The highest BCUT2D eigenvalue weighted by Crippen LogP contribution is 2.17. The van der Waals surface area contributed by atoms with Crippen LogP contribution < -0.4 is 4.72 Å². The highest BCUT2D eigenvalue weighted by molar-refractivity contribution is 7.89. The molecule has 1 rings (SSSR count). The monoisotopic (exact) mass is 317 g/mol. The second kappa shape index (κ2) is 8.46. The van der Waals surface area contributed by atoms with E-state index in [9.17, 15) is 12.8 Å². The quantitative estimate of drug-likeness (QED) is 0.736. The lowest BCUT2D eigenvalue weighted by Crippen LogP contribution is -2.30. The lowest BCUT2D eigenvalue weighted by Gasteiger charge is -2.15. The first-order chi connectivity index (χ1) is 9.94. The highest BCUT2D eigenvalue weighted by Gasteiger charge is 2.20. The molecule has 1 atom stereocenters. The fraction of sp³-hybridized carbons (Fsp3) is 0.600. The number of hydrogen-bond donors (Lipinski definition) is 2. The Morgan fingerprint density at radius 1 is 1.33 bits per heavy atom. The lowest BCUT2D eigenvalue weighted by molar-refractivity contribution is 0.281. The molecular weight excluding hydrogens is 293 g/mol. The van der Waals surface area contributed by atoms with Crippen LogP contribution in [0.4, 0.5) is 4.39 Å². The summed E-state index contributed by atoms with van der Waals surface area (Å²) < 4.78 is 40.6. The molecule has 4 nitrogen and oxygen atoms in total. The number of sulfonamides is 1. The second-order valence-corrected chi connectivity index (χ2v) is 6.93. The van der Waals surface area contributed by atoms with Gasteiger partial charge in [0.25, 0.3) is 0 Å². The largest absolute Gasteiger partial charge is 0.392 e. The average molecular weight is 317 g/mol. The van der Waals surface area contributed by atoms with Gasteiger partial charge in [0.05, 0.1) is 6.61 Å². The minimum atomic E-state index is -3.85. The number of halogens is 1. The maximum atomic E-state index is 13.8. The summed E-state index contributed by atoms with van der Waals surface area (Å²) in [7, 11) is -3.85. The molecule has 0 saturated carbocycles.